The van der Waals surface area contributed by atoms with Crippen LogP contribution in [0.2, 0.25) is 10.2 Å². The molecule has 1 aliphatic carbocycles. The molecule has 4 rings (SSSR count). The SMILES string of the molecule is N[C@@H]1C[C@H](O)CC12CCN(c1cnc(CCc3ccnc(Cl)c3Cl)cn1)CC2. The molecule has 28 heavy (non-hydrogen) atoms. The maximum atomic E-state index is 9.96. The lowest BCUT2D eigenvalue weighted by Crippen LogP contribution is -2.47. The maximum Gasteiger partial charge on any atom is 0.147 e. The molecule has 1 spiro atoms. The van der Waals surface area contributed by atoms with Crippen LogP contribution in [0.1, 0.15) is 36.9 Å². The van der Waals surface area contributed by atoms with Crippen molar-refractivity contribution in [2.45, 2.75) is 50.7 Å². The summed E-state index contributed by atoms with van der Waals surface area (Å²) in [5, 5.41) is 10.8. The zero-order valence-electron chi connectivity index (χ0n) is 15.7. The number of nitrogens with zero attached hydrogens (tertiary/aromatic N) is 4. The van der Waals surface area contributed by atoms with Crippen LogP contribution in [0.25, 0.3) is 0 Å². The van der Waals surface area contributed by atoms with Gasteiger partial charge in [-0.25, -0.2) is 9.97 Å². The van der Waals surface area contributed by atoms with Gasteiger partial charge in [0.1, 0.15) is 11.0 Å². The van der Waals surface area contributed by atoms with E-state index in [-0.39, 0.29) is 17.6 Å². The fraction of sp³-hybridized carbons (Fsp3) is 0.550. The molecule has 6 nitrogen and oxygen atoms in total. The Bertz CT molecular complexity index is 824. The van der Waals surface area contributed by atoms with Crippen LogP contribution in [0.4, 0.5) is 5.82 Å². The molecule has 0 amide bonds. The van der Waals surface area contributed by atoms with Crippen molar-refractivity contribution < 1.29 is 5.11 Å². The molecule has 2 aliphatic rings. The Morgan fingerprint density at radius 3 is 2.57 bits per heavy atom. The Hall–Kier alpha value is -1.47. The largest absolute Gasteiger partial charge is 0.393 e. The fourth-order valence-corrected chi connectivity index (χ4v) is 4.94. The van der Waals surface area contributed by atoms with Gasteiger partial charge in [-0.05, 0) is 55.6 Å². The van der Waals surface area contributed by atoms with Gasteiger partial charge in [-0.2, -0.15) is 0 Å². The molecule has 3 heterocycles. The van der Waals surface area contributed by atoms with Gasteiger partial charge in [0, 0.05) is 25.3 Å². The number of aliphatic hydroxyl groups is 1. The van der Waals surface area contributed by atoms with Crippen molar-refractivity contribution in [3.63, 3.8) is 0 Å². The molecular formula is C20H25Cl2N5O. The quantitative estimate of drug-likeness (QED) is 0.737. The second-order valence-electron chi connectivity index (χ2n) is 7.99. The summed E-state index contributed by atoms with van der Waals surface area (Å²) >= 11 is 12.2. The first kappa shape index (κ1) is 19.8. The zero-order chi connectivity index (χ0) is 19.7. The van der Waals surface area contributed by atoms with Crippen molar-refractivity contribution in [3.8, 4) is 0 Å². The van der Waals surface area contributed by atoms with Crippen molar-refractivity contribution in [2.75, 3.05) is 18.0 Å². The number of aromatic nitrogens is 3. The first-order valence-corrected chi connectivity index (χ1v) is 10.5. The van der Waals surface area contributed by atoms with Gasteiger partial charge in [0.2, 0.25) is 0 Å². The lowest BCUT2D eigenvalue weighted by atomic mass is 9.74. The van der Waals surface area contributed by atoms with Gasteiger partial charge < -0.3 is 15.7 Å². The summed E-state index contributed by atoms with van der Waals surface area (Å²) in [6, 6.07) is 1.98. The minimum absolute atomic E-state index is 0.0916. The van der Waals surface area contributed by atoms with E-state index in [1.54, 1.807) is 6.20 Å². The Kier molecular flexibility index (Phi) is 5.74. The second kappa shape index (κ2) is 8.11. The third-order valence-corrected chi connectivity index (χ3v) is 7.11. The van der Waals surface area contributed by atoms with Crippen molar-refractivity contribution in [1.82, 2.24) is 15.0 Å². The van der Waals surface area contributed by atoms with E-state index < -0.39 is 0 Å². The number of piperidine rings is 1. The molecule has 0 aromatic carbocycles. The Morgan fingerprint density at radius 1 is 1.14 bits per heavy atom. The number of halogens is 2. The van der Waals surface area contributed by atoms with E-state index in [2.05, 4.69) is 19.9 Å². The molecule has 3 N–H and O–H groups in total. The van der Waals surface area contributed by atoms with Gasteiger partial charge in [0.05, 0.1) is 29.2 Å². The highest BCUT2D eigenvalue weighted by atomic mass is 35.5. The molecule has 1 aliphatic heterocycles. The summed E-state index contributed by atoms with van der Waals surface area (Å²) in [5.41, 5.74) is 8.28. The number of aliphatic hydroxyl groups excluding tert-OH is 1. The molecule has 1 saturated carbocycles. The Balaban J connectivity index is 1.34. The summed E-state index contributed by atoms with van der Waals surface area (Å²) in [6.45, 7) is 1.80. The van der Waals surface area contributed by atoms with Gasteiger partial charge in [-0.3, -0.25) is 4.98 Å². The molecule has 2 atom stereocenters. The molecule has 2 fully saturated rings. The van der Waals surface area contributed by atoms with Crippen LogP contribution in [0.5, 0.6) is 0 Å². The zero-order valence-corrected chi connectivity index (χ0v) is 17.2. The van der Waals surface area contributed by atoms with E-state index >= 15 is 0 Å². The molecule has 0 bridgehead atoms. The molecule has 0 radical (unpaired) electrons. The number of aryl methyl sites for hydroxylation is 2. The Labute approximate surface area is 175 Å². The van der Waals surface area contributed by atoms with Gasteiger partial charge in [0.25, 0.3) is 0 Å². The minimum Gasteiger partial charge on any atom is -0.393 e. The smallest absolute Gasteiger partial charge is 0.147 e. The van der Waals surface area contributed by atoms with E-state index in [9.17, 15) is 5.11 Å². The molecule has 2 aromatic rings. The van der Waals surface area contributed by atoms with Crippen molar-refractivity contribution in [3.05, 3.63) is 46.1 Å². The van der Waals surface area contributed by atoms with E-state index in [0.717, 1.165) is 68.7 Å². The van der Waals surface area contributed by atoms with Crippen LogP contribution in [-0.2, 0) is 12.8 Å². The molecule has 1 saturated heterocycles. The van der Waals surface area contributed by atoms with Crippen LogP contribution >= 0.6 is 23.2 Å². The predicted molar refractivity (Wildman–Crippen MR) is 111 cm³/mol. The van der Waals surface area contributed by atoms with Crippen LogP contribution in [0.3, 0.4) is 0 Å². The number of hydrogen-bond donors (Lipinski definition) is 2. The first-order chi connectivity index (χ1) is 13.5. The molecule has 0 unspecified atom stereocenters. The summed E-state index contributed by atoms with van der Waals surface area (Å²) < 4.78 is 0. The number of anilines is 1. The maximum absolute atomic E-state index is 9.96. The van der Waals surface area contributed by atoms with E-state index in [0.29, 0.717) is 10.2 Å². The van der Waals surface area contributed by atoms with E-state index in [4.69, 9.17) is 28.9 Å². The summed E-state index contributed by atoms with van der Waals surface area (Å²) in [6.07, 6.45) is 10.1. The topological polar surface area (TPSA) is 88.2 Å². The third kappa shape index (κ3) is 3.96. The average Bonchev–Trinajstić information content (AvgIpc) is 2.97. The van der Waals surface area contributed by atoms with Crippen molar-refractivity contribution in [2.24, 2.45) is 11.1 Å². The number of pyridine rings is 1. The van der Waals surface area contributed by atoms with Crippen LogP contribution in [0.15, 0.2) is 24.7 Å². The van der Waals surface area contributed by atoms with Crippen molar-refractivity contribution >= 4 is 29.0 Å². The second-order valence-corrected chi connectivity index (χ2v) is 8.73. The average molecular weight is 422 g/mol. The van der Waals surface area contributed by atoms with Crippen molar-refractivity contribution in [1.29, 1.82) is 0 Å². The summed E-state index contributed by atoms with van der Waals surface area (Å²) in [5.74, 6) is 0.899. The number of rotatable bonds is 4. The fourth-order valence-electron chi connectivity index (χ4n) is 4.55. The normalized spacial score (nSPS) is 24.1. The lowest BCUT2D eigenvalue weighted by molar-refractivity contribution is 0.141. The molecule has 2 aromatic heterocycles. The number of hydrogen-bond acceptors (Lipinski definition) is 6. The highest BCUT2D eigenvalue weighted by Gasteiger charge is 2.46. The van der Waals surface area contributed by atoms with Crippen LogP contribution in [-0.4, -0.2) is 45.3 Å². The molecule has 150 valence electrons. The van der Waals surface area contributed by atoms with Crippen LogP contribution in [0, 0.1) is 5.41 Å². The predicted octanol–water partition coefficient (Wildman–Crippen LogP) is 3.03. The summed E-state index contributed by atoms with van der Waals surface area (Å²) in [7, 11) is 0. The summed E-state index contributed by atoms with van der Waals surface area (Å²) in [4.78, 5) is 15.4. The monoisotopic (exact) mass is 421 g/mol. The third-order valence-electron chi connectivity index (χ3n) is 6.31. The van der Waals surface area contributed by atoms with Gasteiger partial charge >= 0.3 is 0 Å². The van der Waals surface area contributed by atoms with Gasteiger partial charge in [-0.15, -0.1) is 0 Å². The van der Waals surface area contributed by atoms with E-state index in [1.807, 2.05) is 18.5 Å². The van der Waals surface area contributed by atoms with Gasteiger partial charge in [0.15, 0.2) is 0 Å². The highest BCUT2D eigenvalue weighted by molar-refractivity contribution is 6.41. The number of nitrogens with two attached hydrogens (primary N) is 1. The Morgan fingerprint density at radius 2 is 1.93 bits per heavy atom. The van der Waals surface area contributed by atoms with Crippen LogP contribution < -0.4 is 10.6 Å². The van der Waals surface area contributed by atoms with Gasteiger partial charge in [-0.1, -0.05) is 23.2 Å². The first-order valence-electron chi connectivity index (χ1n) is 9.75. The van der Waals surface area contributed by atoms with E-state index in [1.165, 1.54) is 0 Å². The standard InChI is InChI=1S/C20H25Cl2N5O/c21-18-13(3-6-24-19(18)22)1-2-14-11-26-17(12-25-14)27-7-4-20(5-8-27)10-15(28)9-16(20)23/h3,6,11-12,15-16,28H,1-2,4-5,7-10,23H2/t15-,16+/m0/s1. The molecular weight excluding hydrogens is 397 g/mol. The molecule has 8 heteroatoms. The highest BCUT2D eigenvalue weighted by Crippen LogP contribution is 2.45. The minimum atomic E-state index is -0.246. The lowest BCUT2D eigenvalue weighted by Gasteiger charge is -2.42.